The van der Waals surface area contributed by atoms with Crippen molar-refractivity contribution >= 4 is 17.5 Å². The minimum atomic E-state index is -0.327. The maximum Gasteiger partial charge on any atom is 0.273 e. The van der Waals surface area contributed by atoms with Gasteiger partial charge in [-0.2, -0.15) is 0 Å². The highest BCUT2D eigenvalue weighted by atomic mass is 35.5. The first-order valence-corrected chi connectivity index (χ1v) is 9.13. The largest absolute Gasteiger partial charge is 0.459 e. The molecule has 1 N–H and O–H groups in total. The summed E-state index contributed by atoms with van der Waals surface area (Å²) in [6.45, 7) is 2.26. The number of hydrogen-bond acceptors (Lipinski definition) is 4. The van der Waals surface area contributed by atoms with Crippen molar-refractivity contribution in [1.82, 2.24) is 10.5 Å². The number of hydrogen-bond donors (Lipinski definition) is 1. The molecule has 2 heterocycles. The summed E-state index contributed by atoms with van der Waals surface area (Å²) in [5, 5.41) is 7.31. The van der Waals surface area contributed by atoms with Gasteiger partial charge in [-0.25, -0.2) is 0 Å². The van der Waals surface area contributed by atoms with Crippen LogP contribution in [0.1, 0.15) is 21.8 Å². The number of carbonyl (C=O) groups is 1. The van der Waals surface area contributed by atoms with E-state index in [1.54, 1.807) is 18.2 Å². The lowest BCUT2D eigenvalue weighted by Gasteiger charge is -2.00. The quantitative estimate of drug-likeness (QED) is 0.487. The number of aryl methyl sites for hydroxylation is 1. The number of nitrogens with zero attached hydrogens (tertiary/aromatic N) is 1. The fourth-order valence-electron chi connectivity index (χ4n) is 2.74. The molecule has 0 aliphatic rings. The molecular formula is C22H17ClN2O3. The first-order chi connectivity index (χ1) is 13.6. The fourth-order valence-corrected chi connectivity index (χ4v) is 2.86. The van der Waals surface area contributed by atoms with Crippen molar-refractivity contribution in [1.29, 1.82) is 0 Å². The van der Waals surface area contributed by atoms with Gasteiger partial charge in [0.25, 0.3) is 5.91 Å². The van der Waals surface area contributed by atoms with E-state index in [1.165, 1.54) is 0 Å². The zero-order chi connectivity index (χ0) is 19.5. The van der Waals surface area contributed by atoms with Crippen molar-refractivity contribution in [2.24, 2.45) is 0 Å². The molecule has 0 atom stereocenters. The lowest BCUT2D eigenvalue weighted by atomic mass is 10.1. The van der Waals surface area contributed by atoms with E-state index in [0.29, 0.717) is 22.3 Å². The predicted molar refractivity (Wildman–Crippen MR) is 107 cm³/mol. The molecule has 0 aliphatic carbocycles. The number of rotatable bonds is 5. The van der Waals surface area contributed by atoms with Crippen LogP contribution in [-0.2, 0) is 6.54 Å². The SMILES string of the molecule is Cc1ccc(-c2cc(C(=O)NCc3ccc(-c4ccc(Cl)cc4)o3)no2)cc1. The van der Waals surface area contributed by atoms with E-state index in [2.05, 4.69) is 10.5 Å². The van der Waals surface area contributed by atoms with Crippen molar-refractivity contribution in [3.8, 4) is 22.6 Å². The maximum atomic E-state index is 12.3. The molecule has 6 heteroatoms. The molecule has 0 spiro atoms. The van der Waals surface area contributed by atoms with Gasteiger partial charge in [0.05, 0.1) is 6.54 Å². The van der Waals surface area contributed by atoms with E-state index in [0.717, 1.165) is 16.7 Å². The van der Waals surface area contributed by atoms with Crippen LogP contribution in [0.2, 0.25) is 5.02 Å². The Bertz CT molecular complexity index is 1100. The molecule has 28 heavy (non-hydrogen) atoms. The van der Waals surface area contributed by atoms with E-state index in [4.69, 9.17) is 20.5 Å². The van der Waals surface area contributed by atoms with Gasteiger partial charge in [-0.3, -0.25) is 4.79 Å². The van der Waals surface area contributed by atoms with Crippen LogP contribution in [0.25, 0.3) is 22.6 Å². The number of nitrogens with one attached hydrogen (secondary N) is 1. The van der Waals surface area contributed by atoms with Gasteiger partial charge in [-0.05, 0) is 43.3 Å². The smallest absolute Gasteiger partial charge is 0.273 e. The van der Waals surface area contributed by atoms with E-state index in [1.807, 2.05) is 55.5 Å². The predicted octanol–water partition coefficient (Wildman–Crippen LogP) is 5.49. The molecule has 0 bridgehead atoms. The third-order valence-electron chi connectivity index (χ3n) is 4.29. The molecule has 0 saturated heterocycles. The van der Waals surface area contributed by atoms with Crippen LogP contribution in [-0.4, -0.2) is 11.1 Å². The minimum absolute atomic E-state index is 0.222. The molecule has 2 aromatic heterocycles. The Morgan fingerprint density at radius 2 is 1.64 bits per heavy atom. The topological polar surface area (TPSA) is 68.3 Å². The third kappa shape index (κ3) is 4.00. The standard InChI is InChI=1S/C22H17ClN2O3/c1-14-2-4-16(5-3-14)21-12-19(25-28-21)22(26)24-13-18-10-11-20(27-18)15-6-8-17(23)9-7-15/h2-12H,13H2,1H3,(H,24,26). The van der Waals surface area contributed by atoms with Crippen LogP contribution < -0.4 is 5.32 Å². The van der Waals surface area contributed by atoms with Crippen molar-refractivity contribution in [2.75, 3.05) is 0 Å². The number of amides is 1. The van der Waals surface area contributed by atoms with Crippen LogP contribution in [0.5, 0.6) is 0 Å². The fraction of sp³-hybridized carbons (Fsp3) is 0.0909. The number of aromatic nitrogens is 1. The van der Waals surface area contributed by atoms with E-state index in [-0.39, 0.29) is 18.1 Å². The Labute approximate surface area is 166 Å². The number of benzene rings is 2. The highest BCUT2D eigenvalue weighted by Crippen LogP contribution is 2.24. The van der Waals surface area contributed by atoms with Gasteiger partial charge in [0.15, 0.2) is 11.5 Å². The summed E-state index contributed by atoms with van der Waals surface area (Å²) in [5.74, 6) is 1.57. The molecule has 0 aliphatic heterocycles. The van der Waals surface area contributed by atoms with Gasteiger partial charge in [-0.15, -0.1) is 0 Å². The Morgan fingerprint density at radius 3 is 2.39 bits per heavy atom. The van der Waals surface area contributed by atoms with Gasteiger partial charge >= 0.3 is 0 Å². The summed E-state index contributed by atoms with van der Waals surface area (Å²) in [7, 11) is 0. The van der Waals surface area contributed by atoms with Crippen LogP contribution in [0.3, 0.4) is 0 Å². The van der Waals surface area contributed by atoms with Crippen molar-refractivity contribution in [3.05, 3.63) is 88.8 Å². The molecule has 0 fully saturated rings. The number of furan rings is 1. The molecule has 4 rings (SSSR count). The first-order valence-electron chi connectivity index (χ1n) is 8.75. The monoisotopic (exact) mass is 392 g/mol. The second-order valence-corrected chi connectivity index (χ2v) is 6.83. The lowest BCUT2D eigenvalue weighted by molar-refractivity contribution is 0.0939. The Morgan fingerprint density at radius 1 is 0.964 bits per heavy atom. The van der Waals surface area contributed by atoms with E-state index >= 15 is 0 Å². The molecule has 1 amide bonds. The molecule has 140 valence electrons. The van der Waals surface area contributed by atoms with Gasteiger partial charge in [0.2, 0.25) is 0 Å². The molecule has 2 aromatic carbocycles. The minimum Gasteiger partial charge on any atom is -0.459 e. The van der Waals surface area contributed by atoms with E-state index in [9.17, 15) is 4.79 Å². The zero-order valence-electron chi connectivity index (χ0n) is 15.1. The maximum absolute atomic E-state index is 12.3. The molecule has 4 aromatic rings. The van der Waals surface area contributed by atoms with Gasteiger partial charge < -0.3 is 14.3 Å². The van der Waals surface area contributed by atoms with Crippen LogP contribution >= 0.6 is 11.6 Å². The Kier molecular flexibility index (Phi) is 5.00. The van der Waals surface area contributed by atoms with Gasteiger partial charge in [-0.1, -0.05) is 46.6 Å². The molecule has 5 nitrogen and oxygen atoms in total. The summed E-state index contributed by atoms with van der Waals surface area (Å²) in [4.78, 5) is 12.3. The van der Waals surface area contributed by atoms with Crippen molar-refractivity contribution in [3.63, 3.8) is 0 Å². The van der Waals surface area contributed by atoms with Crippen molar-refractivity contribution in [2.45, 2.75) is 13.5 Å². The van der Waals surface area contributed by atoms with E-state index < -0.39 is 0 Å². The number of halogens is 1. The zero-order valence-corrected chi connectivity index (χ0v) is 15.9. The Hall–Kier alpha value is -3.31. The molecule has 0 radical (unpaired) electrons. The summed E-state index contributed by atoms with van der Waals surface area (Å²) in [6.07, 6.45) is 0. The first kappa shape index (κ1) is 18.1. The second-order valence-electron chi connectivity index (χ2n) is 6.40. The number of carbonyl (C=O) groups excluding carboxylic acids is 1. The van der Waals surface area contributed by atoms with Crippen LogP contribution in [0, 0.1) is 6.92 Å². The van der Waals surface area contributed by atoms with Gasteiger partial charge in [0, 0.05) is 22.2 Å². The highest BCUT2D eigenvalue weighted by molar-refractivity contribution is 6.30. The Balaban J connectivity index is 1.40. The molecular weight excluding hydrogens is 376 g/mol. The second kappa shape index (κ2) is 7.74. The highest BCUT2D eigenvalue weighted by Gasteiger charge is 2.14. The van der Waals surface area contributed by atoms with Crippen LogP contribution in [0.15, 0.2) is 75.7 Å². The lowest BCUT2D eigenvalue weighted by Crippen LogP contribution is -2.22. The average Bonchev–Trinajstić information content (AvgIpc) is 3.37. The summed E-state index contributed by atoms with van der Waals surface area (Å²) < 4.78 is 11.1. The summed E-state index contributed by atoms with van der Waals surface area (Å²) in [5.41, 5.74) is 3.16. The normalized spacial score (nSPS) is 10.8. The molecule has 0 saturated carbocycles. The van der Waals surface area contributed by atoms with Crippen LogP contribution in [0.4, 0.5) is 0 Å². The van der Waals surface area contributed by atoms with Gasteiger partial charge in [0.1, 0.15) is 11.5 Å². The van der Waals surface area contributed by atoms with Crippen molar-refractivity contribution < 1.29 is 13.7 Å². The molecule has 0 unspecified atom stereocenters. The summed E-state index contributed by atoms with van der Waals surface area (Å²) >= 11 is 5.90. The average molecular weight is 393 g/mol. The third-order valence-corrected chi connectivity index (χ3v) is 4.54. The summed E-state index contributed by atoms with van der Waals surface area (Å²) in [6, 6.07) is 20.5.